The van der Waals surface area contributed by atoms with Crippen LogP contribution in [0.2, 0.25) is 0 Å². The fourth-order valence-corrected chi connectivity index (χ4v) is 0.544. The van der Waals surface area contributed by atoms with E-state index >= 15 is 0 Å². The van der Waals surface area contributed by atoms with Gasteiger partial charge in [0.15, 0.2) is 11.4 Å². The van der Waals surface area contributed by atoms with Crippen LogP contribution in [0.3, 0.4) is 0 Å². The van der Waals surface area contributed by atoms with Gasteiger partial charge in [0.25, 0.3) is 0 Å². The van der Waals surface area contributed by atoms with Crippen LogP contribution < -0.4 is 10.8 Å². The number of carbonyl (C=O) groups excluding carboxylic acids is 2. The Labute approximate surface area is 63.8 Å². The van der Waals surface area contributed by atoms with Gasteiger partial charge in [-0.25, -0.2) is 0 Å². The van der Waals surface area contributed by atoms with Crippen molar-refractivity contribution < 1.29 is 19.8 Å². The van der Waals surface area contributed by atoms with Gasteiger partial charge in [-0.2, -0.15) is 0 Å². The van der Waals surface area contributed by atoms with Gasteiger partial charge in [0.2, 0.25) is 0 Å². The van der Waals surface area contributed by atoms with E-state index in [0.717, 1.165) is 6.92 Å². The van der Waals surface area contributed by atoms with Crippen molar-refractivity contribution in [2.75, 3.05) is 0 Å². The van der Waals surface area contributed by atoms with E-state index in [4.69, 9.17) is 10.8 Å². The van der Waals surface area contributed by atoms with Gasteiger partial charge in [0.1, 0.15) is 0 Å². The van der Waals surface area contributed by atoms with E-state index in [9.17, 15) is 14.7 Å². The largest absolute Gasteiger partial charge is 0.547 e. The van der Waals surface area contributed by atoms with Crippen LogP contribution in [0.1, 0.15) is 13.8 Å². The average molecular weight is 160 g/mol. The number of carboxylic acids is 1. The second-order valence-electron chi connectivity index (χ2n) is 2.51. The van der Waals surface area contributed by atoms with Gasteiger partial charge < -0.3 is 20.7 Å². The van der Waals surface area contributed by atoms with Crippen LogP contribution >= 0.6 is 0 Å². The highest BCUT2D eigenvalue weighted by Gasteiger charge is 2.33. The molecule has 0 aromatic heterocycles. The number of hydrogen-bond donors (Lipinski definition) is 2. The molecule has 0 radical (unpaired) electrons. The van der Waals surface area contributed by atoms with Crippen molar-refractivity contribution in [1.29, 1.82) is 0 Å². The summed E-state index contributed by atoms with van der Waals surface area (Å²) >= 11 is 0. The number of aliphatic hydroxyl groups is 1. The number of Topliss-reactive ketones (excluding diaryl/α,β-unsaturated/α-hetero) is 1. The lowest BCUT2D eigenvalue weighted by Crippen LogP contribution is -2.56. The summed E-state index contributed by atoms with van der Waals surface area (Å²) in [6.07, 6.45) is 0. The third kappa shape index (κ3) is 1.99. The number of hydrogen-bond acceptors (Lipinski definition) is 5. The summed E-state index contributed by atoms with van der Waals surface area (Å²) in [7, 11) is 0. The first kappa shape index (κ1) is 10.1. The fraction of sp³-hybridized carbons (Fsp3) is 0.667. The van der Waals surface area contributed by atoms with Crippen LogP contribution in [-0.4, -0.2) is 28.5 Å². The number of carboxylic acid groups (broad SMARTS) is 1. The van der Waals surface area contributed by atoms with Crippen LogP contribution in [0.25, 0.3) is 0 Å². The third-order valence-corrected chi connectivity index (χ3v) is 1.29. The van der Waals surface area contributed by atoms with Gasteiger partial charge in [-0.05, 0) is 13.8 Å². The second-order valence-corrected chi connectivity index (χ2v) is 2.51. The van der Waals surface area contributed by atoms with Crippen LogP contribution in [-0.2, 0) is 9.59 Å². The van der Waals surface area contributed by atoms with Gasteiger partial charge in [-0.3, -0.25) is 4.79 Å². The molecule has 0 rings (SSSR count). The molecule has 64 valence electrons. The van der Waals surface area contributed by atoms with Crippen molar-refractivity contribution in [2.45, 2.75) is 25.5 Å². The van der Waals surface area contributed by atoms with E-state index in [1.807, 2.05) is 0 Å². The predicted molar refractivity (Wildman–Crippen MR) is 34.3 cm³/mol. The Kier molecular flexibility index (Phi) is 2.72. The van der Waals surface area contributed by atoms with Crippen molar-refractivity contribution in [3.63, 3.8) is 0 Å². The molecule has 0 saturated carbocycles. The lowest BCUT2D eigenvalue weighted by molar-refractivity contribution is -0.320. The maximum absolute atomic E-state index is 10.8. The highest BCUT2D eigenvalue weighted by Crippen LogP contribution is 2.04. The molecule has 3 N–H and O–H groups in total. The number of carbonyl (C=O) groups is 2. The van der Waals surface area contributed by atoms with Gasteiger partial charge in [0.05, 0.1) is 12.0 Å². The Bertz CT molecular complexity index is 185. The molecule has 0 aromatic rings. The molecule has 0 aliphatic rings. The molecule has 0 bridgehead atoms. The zero-order valence-corrected chi connectivity index (χ0v) is 6.33. The Morgan fingerprint density at radius 3 is 2.09 bits per heavy atom. The van der Waals surface area contributed by atoms with Crippen LogP contribution in [0.4, 0.5) is 0 Å². The van der Waals surface area contributed by atoms with Gasteiger partial charge in [0, 0.05) is 0 Å². The number of nitrogens with two attached hydrogens (primary N) is 1. The average Bonchev–Trinajstić information content (AvgIpc) is 1.85. The summed E-state index contributed by atoms with van der Waals surface area (Å²) in [5, 5.41) is 19.1. The van der Waals surface area contributed by atoms with E-state index in [0.29, 0.717) is 0 Å². The zero-order chi connectivity index (χ0) is 9.23. The Hall–Kier alpha value is -0.940. The van der Waals surface area contributed by atoms with E-state index in [1.165, 1.54) is 6.92 Å². The molecule has 2 unspecified atom stereocenters. The van der Waals surface area contributed by atoms with Crippen LogP contribution in [0.15, 0.2) is 0 Å². The summed E-state index contributed by atoms with van der Waals surface area (Å²) < 4.78 is 0. The summed E-state index contributed by atoms with van der Waals surface area (Å²) in [5.41, 5.74) is 2.58. The zero-order valence-electron chi connectivity index (χ0n) is 6.33. The Balaban J connectivity index is 4.56. The number of rotatable bonds is 3. The standard InChI is InChI=1S/C6H11NO4/c1-3(7)4(8)6(2,11)5(9)10/h3,11H,7H2,1-2H3,(H,9,10)/p-1. The van der Waals surface area contributed by atoms with Crippen LogP contribution in [0, 0.1) is 0 Å². The minimum atomic E-state index is -2.48. The van der Waals surface area contributed by atoms with E-state index in [-0.39, 0.29) is 0 Å². The number of ketones is 1. The summed E-state index contributed by atoms with van der Waals surface area (Å²) in [4.78, 5) is 20.9. The van der Waals surface area contributed by atoms with Crippen molar-refractivity contribution in [3.8, 4) is 0 Å². The Morgan fingerprint density at radius 2 is 2.00 bits per heavy atom. The maximum atomic E-state index is 10.8. The van der Waals surface area contributed by atoms with Gasteiger partial charge >= 0.3 is 0 Å². The van der Waals surface area contributed by atoms with E-state index in [1.54, 1.807) is 0 Å². The molecule has 5 nitrogen and oxygen atoms in total. The van der Waals surface area contributed by atoms with E-state index < -0.39 is 23.4 Å². The lowest BCUT2D eigenvalue weighted by Gasteiger charge is -2.24. The van der Waals surface area contributed by atoms with Gasteiger partial charge in [-0.1, -0.05) is 0 Å². The first-order valence-corrected chi connectivity index (χ1v) is 3.04. The molecule has 0 amide bonds. The van der Waals surface area contributed by atoms with Crippen LogP contribution in [0.5, 0.6) is 0 Å². The smallest absolute Gasteiger partial charge is 0.186 e. The predicted octanol–water partition coefficient (Wildman–Crippen LogP) is -2.60. The van der Waals surface area contributed by atoms with Crippen molar-refractivity contribution in [1.82, 2.24) is 0 Å². The molecule has 0 saturated heterocycles. The summed E-state index contributed by atoms with van der Waals surface area (Å²) in [6, 6.07) is -1.01. The first-order chi connectivity index (χ1) is 4.80. The molecular formula is C6H10NO4-. The highest BCUT2D eigenvalue weighted by atomic mass is 16.4. The molecule has 0 aromatic carbocycles. The lowest BCUT2D eigenvalue weighted by atomic mass is 9.97. The molecule has 0 aliphatic carbocycles. The van der Waals surface area contributed by atoms with Gasteiger partial charge in [-0.15, -0.1) is 0 Å². The fourth-order valence-electron chi connectivity index (χ4n) is 0.544. The molecular weight excluding hydrogens is 150 g/mol. The molecule has 0 aliphatic heterocycles. The van der Waals surface area contributed by atoms with E-state index in [2.05, 4.69) is 0 Å². The second kappa shape index (κ2) is 2.98. The maximum Gasteiger partial charge on any atom is 0.186 e. The minimum Gasteiger partial charge on any atom is -0.547 e. The molecule has 11 heavy (non-hydrogen) atoms. The minimum absolute atomic E-state index is 0.841. The van der Waals surface area contributed by atoms with Crippen molar-refractivity contribution in [2.24, 2.45) is 5.73 Å². The molecule has 0 fully saturated rings. The topological polar surface area (TPSA) is 103 Å². The Morgan fingerprint density at radius 1 is 1.64 bits per heavy atom. The monoisotopic (exact) mass is 160 g/mol. The quantitative estimate of drug-likeness (QED) is 0.441. The van der Waals surface area contributed by atoms with Crippen molar-refractivity contribution >= 4 is 11.8 Å². The summed E-state index contributed by atoms with van der Waals surface area (Å²) in [6.45, 7) is 2.13. The highest BCUT2D eigenvalue weighted by molar-refractivity contribution is 6.07. The third-order valence-electron chi connectivity index (χ3n) is 1.29. The molecule has 0 spiro atoms. The first-order valence-electron chi connectivity index (χ1n) is 3.04. The molecule has 5 heteroatoms. The number of aliphatic carboxylic acids is 1. The SMILES string of the molecule is CC(N)C(=O)C(C)(O)C(=O)[O-]. The van der Waals surface area contributed by atoms with Crippen molar-refractivity contribution in [3.05, 3.63) is 0 Å². The molecule has 0 heterocycles. The summed E-state index contributed by atoms with van der Waals surface area (Å²) in [5.74, 6) is -2.79. The molecule has 2 atom stereocenters. The normalized spacial score (nSPS) is 18.5.